The molecule has 0 amide bonds. The van der Waals surface area contributed by atoms with Crippen LogP contribution in [0, 0.1) is 40.9 Å². The third-order valence-corrected chi connectivity index (χ3v) is 16.1. The zero-order chi connectivity index (χ0) is 29.3. The van der Waals surface area contributed by atoms with E-state index in [4.69, 9.17) is 9.16 Å². The van der Waals surface area contributed by atoms with Gasteiger partial charge in [-0.05, 0) is 104 Å². The van der Waals surface area contributed by atoms with Crippen LogP contribution in [0.3, 0.4) is 0 Å². The summed E-state index contributed by atoms with van der Waals surface area (Å²) in [6, 6.07) is -0.0257. The molecular formula is C31H51N3O4Si. The Hall–Kier alpha value is -1.60. The molecule has 7 nitrogen and oxygen atoms in total. The van der Waals surface area contributed by atoms with Crippen LogP contribution in [0.25, 0.3) is 10.4 Å². The van der Waals surface area contributed by atoms with Gasteiger partial charge >= 0.3 is 5.97 Å². The summed E-state index contributed by atoms with van der Waals surface area (Å²) in [6.45, 7) is 26.2. The van der Waals surface area contributed by atoms with E-state index in [2.05, 4.69) is 84.2 Å². The fourth-order valence-electron chi connectivity index (χ4n) is 8.42. The van der Waals surface area contributed by atoms with E-state index in [0.717, 1.165) is 24.8 Å². The lowest BCUT2D eigenvalue weighted by molar-refractivity contribution is -0.206. The van der Waals surface area contributed by atoms with Crippen LogP contribution in [-0.4, -0.2) is 43.2 Å². The van der Waals surface area contributed by atoms with E-state index in [1.165, 1.54) is 5.57 Å². The van der Waals surface area contributed by atoms with E-state index in [0.29, 0.717) is 18.3 Å². The highest BCUT2D eigenvalue weighted by molar-refractivity contribution is 6.74. The van der Waals surface area contributed by atoms with Gasteiger partial charge in [0.05, 0.1) is 0 Å². The summed E-state index contributed by atoms with van der Waals surface area (Å²) < 4.78 is 12.6. The first kappa shape index (κ1) is 30.4. The molecule has 3 aliphatic carbocycles. The van der Waals surface area contributed by atoms with Crippen molar-refractivity contribution >= 4 is 14.3 Å². The Balaban J connectivity index is 1.81. The fraction of sp³-hybridized carbons (Fsp3) is 0.839. The quantitative estimate of drug-likeness (QED) is 0.0960. The van der Waals surface area contributed by atoms with Crippen LogP contribution in [-0.2, 0) is 14.0 Å². The maximum atomic E-state index is 13.5. The third-order valence-electron chi connectivity index (χ3n) is 11.6. The van der Waals surface area contributed by atoms with Gasteiger partial charge in [-0.2, -0.15) is 0 Å². The summed E-state index contributed by atoms with van der Waals surface area (Å²) in [6.07, 6.45) is 4.04. The Bertz CT molecular complexity index is 1090. The van der Waals surface area contributed by atoms with E-state index in [1.54, 1.807) is 0 Å². The lowest BCUT2D eigenvalue weighted by Gasteiger charge is -2.56. The number of ether oxygens (including phenoxy) is 1. The van der Waals surface area contributed by atoms with Crippen molar-refractivity contribution in [3.8, 4) is 0 Å². The third kappa shape index (κ3) is 4.83. The number of carbonyl (C=O) groups excluding carboxylic acids is 1. The van der Waals surface area contributed by atoms with Crippen LogP contribution < -0.4 is 0 Å². The molecule has 2 saturated carbocycles. The summed E-state index contributed by atoms with van der Waals surface area (Å²) in [5, 5.41) is 17.0. The van der Waals surface area contributed by atoms with Crippen LogP contribution in [0.15, 0.2) is 28.9 Å². The van der Waals surface area contributed by atoms with Gasteiger partial charge < -0.3 is 14.3 Å². The SMILES string of the molecule is C=C1C2CC3C(C(C)C)C(N=[N+]=[N-])CC3(C)CC2/C(C)=C\CC2C(C)OC(=O)C(O[Si](C)(C)C(C)(C)C)C12O. The van der Waals surface area contributed by atoms with E-state index in [1.807, 2.05) is 6.92 Å². The van der Waals surface area contributed by atoms with Gasteiger partial charge in [-0.3, -0.25) is 0 Å². The van der Waals surface area contributed by atoms with Crippen molar-refractivity contribution < 1.29 is 19.1 Å². The van der Waals surface area contributed by atoms with Gasteiger partial charge in [0.1, 0.15) is 11.7 Å². The van der Waals surface area contributed by atoms with Crippen molar-refractivity contribution in [2.75, 3.05) is 0 Å². The van der Waals surface area contributed by atoms with Gasteiger partial charge in [-0.15, -0.1) is 0 Å². The number of nitrogens with zero attached hydrogens (tertiary/aromatic N) is 3. The number of hydrogen-bond acceptors (Lipinski definition) is 5. The normalized spacial score (nSPS) is 44.2. The van der Waals surface area contributed by atoms with Crippen molar-refractivity contribution in [2.24, 2.45) is 46.0 Å². The van der Waals surface area contributed by atoms with Crippen molar-refractivity contribution in [3.05, 3.63) is 34.2 Å². The Kier molecular flexibility index (Phi) is 7.81. The topological polar surface area (TPSA) is 105 Å². The molecular weight excluding hydrogens is 506 g/mol. The molecule has 0 spiro atoms. The van der Waals surface area contributed by atoms with Gasteiger partial charge in [-0.25, -0.2) is 4.79 Å². The number of hydrogen-bond donors (Lipinski definition) is 1. The monoisotopic (exact) mass is 557 g/mol. The average Bonchev–Trinajstić information content (AvgIpc) is 3.10. The number of cyclic esters (lactones) is 1. The average molecular weight is 558 g/mol. The van der Waals surface area contributed by atoms with Crippen LogP contribution in [0.4, 0.5) is 0 Å². The molecule has 0 bridgehead atoms. The maximum Gasteiger partial charge on any atom is 0.337 e. The molecule has 4 rings (SSSR count). The Morgan fingerprint density at radius 2 is 1.90 bits per heavy atom. The lowest BCUT2D eigenvalue weighted by atomic mass is 9.53. The molecule has 218 valence electrons. The number of fused-ring (bicyclic) bond motifs is 3. The molecule has 10 unspecified atom stereocenters. The number of carbonyl (C=O) groups is 1. The van der Waals surface area contributed by atoms with E-state index >= 15 is 0 Å². The van der Waals surface area contributed by atoms with Crippen LogP contribution >= 0.6 is 0 Å². The molecule has 4 aliphatic rings. The number of aliphatic hydroxyl groups is 1. The lowest BCUT2D eigenvalue weighted by Crippen LogP contribution is -2.67. The maximum absolute atomic E-state index is 13.5. The minimum absolute atomic E-state index is 0.00167. The van der Waals surface area contributed by atoms with Gasteiger partial charge in [0, 0.05) is 16.9 Å². The first-order valence-corrected chi connectivity index (χ1v) is 17.8. The highest BCUT2D eigenvalue weighted by Gasteiger charge is 2.63. The largest absolute Gasteiger partial charge is 0.460 e. The van der Waals surface area contributed by atoms with Crippen molar-refractivity contribution in [1.82, 2.24) is 0 Å². The van der Waals surface area contributed by atoms with E-state index in [9.17, 15) is 15.4 Å². The molecule has 0 aromatic heterocycles. The second kappa shape index (κ2) is 10.0. The van der Waals surface area contributed by atoms with Gasteiger partial charge in [0.15, 0.2) is 14.4 Å². The number of azide groups is 1. The Morgan fingerprint density at radius 1 is 1.26 bits per heavy atom. The molecule has 0 aromatic carbocycles. The summed E-state index contributed by atoms with van der Waals surface area (Å²) in [5.74, 6) is 0.391. The second-order valence-electron chi connectivity index (χ2n) is 15.3. The molecule has 1 saturated heterocycles. The smallest absolute Gasteiger partial charge is 0.337 e. The highest BCUT2D eigenvalue weighted by Crippen LogP contribution is 2.64. The predicted octanol–water partition coefficient (Wildman–Crippen LogP) is 7.58. The van der Waals surface area contributed by atoms with Crippen molar-refractivity contribution in [1.29, 1.82) is 0 Å². The first-order valence-electron chi connectivity index (χ1n) is 14.9. The Morgan fingerprint density at radius 3 is 2.46 bits per heavy atom. The Labute approximate surface area is 236 Å². The molecule has 1 N–H and O–H groups in total. The predicted molar refractivity (Wildman–Crippen MR) is 157 cm³/mol. The first-order chi connectivity index (χ1) is 17.9. The fourth-order valence-corrected chi connectivity index (χ4v) is 9.64. The standard InChI is InChI=1S/C31H51N3O4Si/c1-17(2)26-24-14-21-19(4)31(36)23(20(5)37-28(35)27(31)38-39(10,11)29(6,7)8)13-12-18(3)22(21)15-30(24,9)16-25(26)33-34-32/h12,17,20-27,36H,4,13-16H2,1-3,5-11H3/b18-12-. The molecule has 1 heterocycles. The van der Waals surface area contributed by atoms with E-state index in [-0.39, 0.29) is 40.2 Å². The van der Waals surface area contributed by atoms with Gasteiger partial charge in [0.2, 0.25) is 0 Å². The molecule has 0 radical (unpaired) electrons. The van der Waals surface area contributed by atoms with Crippen molar-refractivity contribution in [3.63, 3.8) is 0 Å². The van der Waals surface area contributed by atoms with Crippen LogP contribution in [0.1, 0.15) is 81.1 Å². The van der Waals surface area contributed by atoms with Gasteiger partial charge in [-0.1, -0.05) is 64.9 Å². The molecule has 10 atom stereocenters. The number of rotatable bonds is 4. The molecule has 8 heteroatoms. The zero-order valence-electron chi connectivity index (χ0n) is 25.8. The molecule has 0 aromatic rings. The van der Waals surface area contributed by atoms with Crippen LogP contribution in [0.2, 0.25) is 18.1 Å². The zero-order valence-corrected chi connectivity index (χ0v) is 26.8. The second-order valence-corrected chi connectivity index (χ2v) is 20.0. The molecule has 3 fully saturated rings. The summed E-state index contributed by atoms with van der Waals surface area (Å²) in [5.41, 5.74) is 9.92. The highest BCUT2D eigenvalue weighted by atomic mass is 28.4. The number of esters is 1. The summed E-state index contributed by atoms with van der Waals surface area (Å²) in [4.78, 5) is 16.8. The minimum atomic E-state index is -2.44. The van der Waals surface area contributed by atoms with Crippen molar-refractivity contribution in [2.45, 2.75) is 123 Å². The minimum Gasteiger partial charge on any atom is -0.460 e. The molecule has 1 aliphatic heterocycles. The van der Waals surface area contributed by atoms with Crippen LogP contribution in [0.5, 0.6) is 0 Å². The number of allylic oxidation sites excluding steroid dienone is 2. The van der Waals surface area contributed by atoms with Gasteiger partial charge in [0.25, 0.3) is 0 Å². The van der Waals surface area contributed by atoms with E-state index < -0.39 is 32.1 Å². The molecule has 39 heavy (non-hydrogen) atoms. The summed E-state index contributed by atoms with van der Waals surface area (Å²) in [7, 11) is -2.44. The summed E-state index contributed by atoms with van der Waals surface area (Å²) >= 11 is 0.